The summed E-state index contributed by atoms with van der Waals surface area (Å²) in [5, 5.41) is 3.12. The van der Waals surface area contributed by atoms with Crippen LogP contribution < -0.4 is 10.1 Å². The zero-order valence-electron chi connectivity index (χ0n) is 16.0. The van der Waals surface area contributed by atoms with Gasteiger partial charge in [-0.3, -0.25) is 4.79 Å². The fraction of sp³-hybridized carbons (Fsp3) is 0.455. The SMILES string of the molecule is COC[C@H](NC(=O)C1CC1c1ccccc1)c1ccc(O[C@@H]2CCOC2)nc1. The molecule has 0 radical (unpaired) electrons. The summed E-state index contributed by atoms with van der Waals surface area (Å²) in [6.45, 7) is 1.73. The van der Waals surface area contributed by atoms with Gasteiger partial charge in [0, 0.05) is 31.7 Å². The molecule has 1 N–H and O–H groups in total. The monoisotopic (exact) mass is 382 g/mol. The van der Waals surface area contributed by atoms with Gasteiger partial charge in [-0.05, 0) is 29.5 Å². The number of hydrogen-bond donors (Lipinski definition) is 1. The molecular formula is C22H26N2O4. The Morgan fingerprint density at radius 3 is 2.82 bits per heavy atom. The second-order valence-corrected chi connectivity index (χ2v) is 7.41. The Morgan fingerprint density at radius 1 is 1.29 bits per heavy atom. The molecule has 4 atom stereocenters. The molecule has 4 rings (SSSR count). The third kappa shape index (κ3) is 4.51. The molecule has 1 saturated carbocycles. The van der Waals surface area contributed by atoms with Crippen LogP contribution in [-0.2, 0) is 14.3 Å². The topological polar surface area (TPSA) is 69.7 Å². The predicted octanol–water partition coefficient (Wildman–Crippen LogP) is 2.86. The second kappa shape index (κ2) is 8.71. The van der Waals surface area contributed by atoms with Gasteiger partial charge >= 0.3 is 0 Å². The first-order valence-corrected chi connectivity index (χ1v) is 9.79. The molecule has 2 unspecified atom stereocenters. The van der Waals surface area contributed by atoms with Gasteiger partial charge in [0.1, 0.15) is 6.10 Å². The summed E-state index contributed by atoms with van der Waals surface area (Å²) < 4.78 is 16.4. The number of benzene rings is 1. The summed E-state index contributed by atoms with van der Waals surface area (Å²) in [5.74, 6) is 0.985. The van der Waals surface area contributed by atoms with Gasteiger partial charge in [0.25, 0.3) is 0 Å². The van der Waals surface area contributed by atoms with Crippen LogP contribution in [0.3, 0.4) is 0 Å². The van der Waals surface area contributed by atoms with Crippen molar-refractivity contribution in [3.05, 3.63) is 59.8 Å². The van der Waals surface area contributed by atoms with E-state index in [1.807, 2.05) is 30.3 Å². The van der Waals surface area contributed by atoms with E-state index in [2.05, 4.69) is 22.4 Å². The van der Waals surface area contributed by atoms with Crippen LogP contribution in [-0.4, -0.2) is 43.9 Å². The standard InChI is InChI=1S/C22H26N2O4/c1-26-14-20(16-7-8-21(23-12-16)28-17-9-10-27-13-17)24-22(25)19-11-18(19)15-5-3-2-4-6-15/h2-8,12,17-20H,9-11,13-14H2,1H3,(H,24,25)/t17-,18?,19?,20+/m1/s1. The number of amides is 1. The molecule has 6 heteroatoms. The number of methoxy groups -OCH3 is 1. The van der Waals surface area contributed by atoms with E-state index in [0.29, 0.717) is 25.0 Å². The largest absolute Gasteiger partial charge is 0.472 e. The second-order valence-electron chi connectivity index (χ2n) is 7.41. The van der Waals surface area contributed by atoms with Gasteiger partial charge < -0.3 is 19.5 Å². The van der Waals surface area contributed by atoms with Gasteiger partial charge in [-0.25, -0.2) is 4.98 Å². The van der Waals surface area contributed by atoms with Gasteiger partial charge in [-0.1, -0.05) is 30.3 Å². The molecule has 0 bridgehead atoms. The fourth-order valence-electron chi connectivity index (χ4n) is 3.66. The maximum atomic E-state index is 12.7. The molecule has 0 spiro atoms. The van der Waals surface area contributed by atoms with Crippen molar-refractivity contribution < 1.29 is 19.0 Å². The van der Waals surface area contributed by atoms with Crippen molar-refractivity contribution in [2.75, 3.05) is 26.9 Å². The minimum absolute atomic E-state index is 0.0275. The van der Waals surface area contributed by atoms with Crippen molar-refractivity contribution in [3.8, 4) is 5.88 Å². The molecule has 28 heavy (non-hydrogen) atoms. The maximum Gasteiger partial charge on any atom is 0.224 e. The molecule has 6 nitrogen and oxygen atoms in total. The van der Waals surface area contributed by atoms with Crippen LogP contribution >= 0.6 is 0 Å². The van der Waals surface area contributed by atoms with Gasteiger partial charge in [0.15, 0.2) is 0 Å². The van der Waals surface area contributed by atoms with E-state index >= 15 is 0 Å². The number of nitrogens with one attached hydrogen (secondary N) is 1. The molecule has 1 aliphatic carbocycles. The lowest BCUT2D eigenvalue weighted by atomic mass is 10.1. The van der Waals surface area contributed by atoms with E-state index in [1.54, 1.807) is 13.3 Å². The summed E-state index contributed by atoms with van der Waals surface area (Å²) in [7, 11) is 1.63. The van der Waals surface area contributed by atoms with Gasteiger partial charge in [0.05, 0.1) is 25.9 Å². The first kappa shape index (κ1) is 18.9. The van der Waals surface area contributed by atoms with Crippen LogP contribution in [0, 0.1) is 5.92 Å². The Kier molecular flexibility index (Phi) is 5.88. The summed E-state index contributed by atoms with van der Waals surface area (Å²) in [4.78, 5) is 17.1. The van der Waals surface area contributed by atoms with E-state index in [1.165, 1.54) is 5.56 Å². The Balaban J connectivity index is 1.36. The third-order valence-electron chi connectivity index (χ3n) is 5.34. The molecule has 1 aliphatic heterocycles. The van der Waals surface area contributed by atoms with Crippen molar-refractivity contribution >= 4 is 5.91 Å². The molecule has 1 aromatic carbocycles. The fourth-order valence-corrected chi connectivity index (χ4v) is 3.66. The number of carbonyl (C=O) groups excluding carboxylic acids is 1. The van der Waals surface area contributed by atoms with Crippen LogP contribution in [0.4, 0.5) is 0 Å². The first-order valence-electron chi connectivity index (χ1n) is 9.79. The Bertz CT molecular complexity index is 775. The predicted molar refractivity (Wildman–Crippen MR) is 104 cm³/mol. The van der Waals surface area contributed by atoms with Gasteiger partial charge in [-0.15, -0.1) is 0 Å². The first-order chi connectivity index (χ1) is 13.7. The average molecular weight is 382 g/mol. The minimum Gasteiger partial charge on any atom is -0.472 e. The highest BCUT2D eigenvalue weighted by Gasteiger charge is 2.44. The van der Waals surface area contributed by atoms with Crippen molar-refractivity contribution in [1.82, 2.24) is 10.3 Å². The number of aromatic nitrogens is 1. The molecule has 1 amide bonds. The highest BCUT2D eigenvalue weighted by atomic mass is 16.5. The van der Waals surface area contributed by atoms with Crippen LogP contribution in [0.25, 0.3) is 0 Å². The molecule has 2 fully saturated rings. The normalized spacial score (nSPS) is 24.5. The Morgan fingerprint density at radius 2 is 2.14 bits per heavy atom. The van der Waals surface area contributed by atoms with E-state index in [-0.39, 0.29) is 24.0 Å². The zero-order valence-corrected chi connectivity index (χ0v) is 16.0. The highest BCUT2D eigenvalue weighted by molar-refractivity contribution is 5.83. The summed E-state index contributed by atoms with van der Waals surface area (Å²) in [6, 6.07) is 13.7. The van der Waals surface area contributed by atoms with Gasteiger partial charge in [0.2, 0.25) is 11.8 Å². The maximum absolute atomic E-state index is 12.7. The lowest BCUT2D eigenvalue weighted by Gasteiger charge is -2.19. The lowest BCUT2D eigenvalue weighted by molar-refractivity contribution is -0.123. The van der Waals surface area contributed by atoms with E-state index < -0.39 is 0 Å². The molecule has 1 aromatic heterocycles. The third-order valence-corrected chi connectivity index (χ3v) is 5.34. The number of pyridine rings is 1. The molecule has 148 valence electrons. The molecule has 2 aromatic rings. The number of carbonyl (C=O) groups is 1. The summed E-state index contributed by atoms with van der Waals surface area (Å²) in [6.07, 6.45) is 3.59. The van der Waals surface area contributed by atoms with Crippen LogP contribution in [0.5, 0.6) is 5.88 Å². The number of hydrogen-bond acceptors (Lipinski definition) is 5. The number of ether oxygens (including phenoxy) is 3. The van der Waals surface area contributed by atoms with Crippen molar-refractivity contribution in [2.24, 2.45) is 5.92 Å². The van der Waals surface area contributed by atoms with Crippen molar-refractivity contribution in [2.45, 2.75) is 30.9 Å². The highest BCUT2D eigenvalue weighted by Crippen LogP contribution is 2.47. The Hall–Kier alpha value is -2.44. The van der Waals surface area contributed by atoms with E-state index in [9.17, 15) is 4.79 Å². The van der Waals surface area contributed by atoms with Crippen LogP contribution in [0.2, 0.25) is 0 Å². The number of rotatable bonds is 8. The molecule has 2 heterocycles. The van der Waals surface area contributed by atoms with Crippen LogP contribution in [0.15, 0.2) is 48.7 Å². The lowest BCUT2D eigenvalue weighted by Crippen LogP contribution is -2.32. The summed E-state index contributed by atoms with van der Waals surface area (Å²) >= 11 is 0. The van der Waals surface area contributed by atoms with E-state index in [4.69, 9.17) is 14.2 Å². The van der Waals surface area contributed by atoms with Crippen molar-refractivity contribution in [1.29, 1.82) is 0 Å². The molecule has 2 aliphatic rings. The minimum atomic E-state index is -0.231. The average Bonchev–Trinajstić information content (AvgIpc) is 3.38. The van der Waals surface area contributed by atoms with E-state index in [0.717, 1.165) is 25.0 Å². The molecular weight excluding hydrogens is 356 g/mol. The number of nitrogens with zero attached hydrogens (tertiary/aromatic N) is 1. The Labute approximate surface area is 165 Å². The smallest absolute Gasteiger partial charge is 0.224 e. The summed E-state index contributed by atoms with van der Waals surface area (Å²) in [5.41, 5.74) is 2.13. The molecule has 1 saturated heterocycles. The van der Waals surface area contributed by atoms with Gasteiger partial charge in [-0.2, -0.15) is 0 Å². The van der Waals surface area contributed by atoms with Crippen LogP contribution in [0.1, 0.15) is 35.9 Å². The zero-order chi connectivity index (χ0) is 19.3. The van der Waals surface area contributed by atoms with Crippen molar-refractivity contribution in [3.63, 3.8) is 0 Å². The quantitative estimate of drug-likeness (QED) is 0.760.